The van der Waals surface area contributed by atoms with E-state index in [9.17, 15) is 9.59 Å². The molecule has 0 radical (unpaired) electrons. The highest BCUT2D eigenvalue weighted by molar-refractivity contribution is 5.94. The fraction of sp³-hybridized carbons (Fsp3) is 0.444. The molecule has 0 saturated heterocycles. The second-order valence-electron chi connectivity index (χ2n) is 2.57. The lowest BCUT2D eigenvalue weighted by Crippen LogP contribution is -2.23. The van der Waals surface area contributed by atoms with Gasteiger partial charge in [0.25, 0.3) is 0 Å². The van der Waals surface area contributed by atoms with Crippen molar-refractivity contribution in [3.05, 3.63) is 12.2 Å². The van der Waals surface area contributed by atoms with Crippen molar-refractivity contribution in [3.8, 4) is 0 Å². The molecule has 72 valence electrons. The van der Waals surface area contributed by atoms with Crippen molar-refractivity contribution in [2.24, 2.45) is 4.99 Å². The number of urea groups is 1. The number of amides is 2. The van der Waals surface area contributed by atoms with Crippen LogP contribution in [0.4, 0.5) is 4.79 Å². The SMILES string of the molecule is C=C(C)C(=O)CCNC(=O)N=CC. The smallest absolute Gasteiger partial charge is 0.336 e. The predicted molar refractivity (Wildman–Crippen MR) is 52.0 cm³/mol. The second kappa shape index (κ2) is 6.11. The topological polar surface area (TPSA) is 58.5 Å². The van der Waals surface area contributed by atoms with Gasteiger partial charge in [-0.05, 0) is 19.4 Å². The lowest BCUT2D eigenvalue weighted by molar-refractivity contribution is -0.115. The zero-order chi connectivity index (χ0) is 10.3. The van der Waals surface area contributed by atoms with Crippen molar-refractivity contribution in [1.29, 1.82) is 0 Å². The third-order valence-electron chi connectivity index (χ3n) is 1.35. The standard InChI is InChI=1S/C9H14N2O2/c1-4-10-9(13)11-6-5-8(12)7(2)3/h4H,2,5-6H2,1,3H3,(H,11,13). The molecule has 0 fully saturated rings. The van der Waals surface area contributed by atoms with Crippen LogP contribution < -0.4 is 5.32 Å². The van der Waals surface area contributed by atoms with E-state index in [1.807, 2.05) is 0 Å². The Labute approximate surface area is 77.7 Å². The first-order chi connectivity index (χ1) is 6.07. The normalized spacial score (nSPS) is 10.0. The van der Waals surface area contributed by atoms with Gasteiger partial charge in [0.1, 0.15) is 0 Å². The molecular weight excluding hydrogens is 168 g/mol. The van der Waals surface area contributed by atoms with Crippen LogP contribution in [-0.2, 0) is 4.79 Å². The molecule has 4 nitrogen and oxygen atoms in total. The summed E-state index contributed by atoms with van der Waals surface area (Å²) in [4.78, 5) is 25.2. The van der Waals surface area contributed by atoms with Gasteiger partial charge in [0.2, 0.25) is 0 Å². The second-order valence-corrected chi connectivity index (χ2v) is 2.57. The number of rotatable bonds is 4. The summed E-state index contributed by atoms with van der Waals surface area (Å²) in [6.45, 7) is 7.10. The number of ketones is 1. The molecule has 0 aliphatic carbocycles. The van der Waals surface area contributed by atoms with Crippen LogP contribution in [0.15, 0.2) is 17.1 Å². The van der Waals surface area contributed by atoms with Crippen LogP contribution >= 0.6 is 0 Å². The number of Topliss-reactive ketones (excluding diaryl/α,β-unsaturated/α-hetero) is 1. The maximum absolute atomic E-state index is 11.0. The Balaban J connectivity index is 3.62. The van der Waals surface area contributed by atoms with E-state index in [2.05, 4.69) is 16.9 Å². The molecule has 4 heteroatoms. The molecule has 0 aliphatic heterocycles. The Morgan fingerprint density at radius 2 is 2.15 bits per heavy atom. The molecule has 0 aromatic heterocycles. The fourth-order valence-electron chi connectivity index (χ4n) is 0.659. The van der Waals surface area contributed by atoms with Crippen LogP contribution in [0.5, 0.6) is 0 Å². The first kappa shape index (κ1) is 11.6. The van der Waals surface area contributed by atoms with E-state index < -0.39 is 6.03 Å². The highest BCUT2D eigenvalue weighted by Gasteiger charge is 2.02. The van der Waals surface area contributed by atoms with E-state index in [0.717, 1.165) is 0 Å². The number of nitrogens with one attached hydrogen (secondary N) is 1. The van der Waals surface area contributed by atoms with Gasteiger partial charge in [-0.2, -0.15) is 0 Å². The van der Waals surface area contributed by atoms with Gasteiger partial charge < -0.3 is 5.32 Å². The number of hydrogen-bond acceptors (Lipinski definition) is 2. The minimum atomic E-state index is -0.419. The molecule has 1 N–H and O–H groups in total. The minimum Gasteiger partial charge on any atom is -0.336 e. The summed E-state index contributed by atoms with van der Waals surface area (Å²) in [7, 11) is 0. The summed E-state index contributed by atoms with van der Waals surface area (Å²) in [5, 5.41) is 2.47. The largest absolute Gasteiger partial charge is 0.340 e. The van der Waals surface area contributed by atoms with Gasteiger partial charge in [-0.1, -0.05) is 6.58 Å². The van der Waals surface area contributed by atoms with E-state index in [4.69, 9.17) is 0 Å². The van der Waals surface area contributed by atoms with Gasteiger partial charge in [-0.25, -0.2) is 9.79 Å². The highest BCUT2D eigenvalue weighted by atomic mass is 16.2. The molecule has 0 aromatic rings. The monoisotopic (exact) mass is 182 g/mol. The summed E-state index contributed by atoms with van der Waals surface area (Å²) in [6.07, 6.45) is 1.68. The van der Waals surface area contributed by atoms with Gasteiger partial charge in [0.05, 0.1) is 0 Å². The summed E-state index contributed by atoms with van der Waals surface area (Å²) in [6, 6.07) is -0.419. The van der Waals surface area contributed by atoms with Gasteiger partial charge in [0, 0.05) is 19.2 Å². The number of aliphatic imine (C=N–C) groups is 1. The molecule has 0 unspecified atom stereocenters. The van der Waals surface area contributed by atoms with E-state index in [0.29, 0.717) is 12.1 Å². The van der Waals surface area contributed by atoms with Gasteiger partial charge in [0.15, 0.2) is 5.78 Å². The average molecular weight is 182 g/mol. The Morgan fingerprint density at radius 1 is 1.54 bits per heavy atom. The van der Waals surface area contributed by atoms with Crippen LogP contribution in [0.3, 0.4) is 0 Å². The summed E-state index contributed by atoms with van der Waals surface area (Å²) in [5.74, 6) is -0.0409. The van der Waals surface area contributed by atoms with E-state index >= 15 is 0 Å². The van der Waals surface area contributed by atoms with E-state index in [-0.39, 0.29) is 12.2 Å². The van der Waals surface area contributed by atoms with Gasteiger partial charge in [-0.3, -0.25) is 4.79 Å². The highest BCUT2D eigenvalue weighted by Crippen LogP contribution is 1.93. The fourth-order valence-corrected chi connectivity index (χ4v) is 0.659. The third-order valence-corrected chi connectivity index (χ3v) is 1.35. The number of nitrogens with zero attached hydrogens (tertiary/aromatic N) is 1. The maximum Gasteiger partial charge on any atom is 0.340 e. The van der Waals surface area contributed by atoms with E-state index in [1.165, 1.54) is 6.21 Å². The first-order valence-electron chi connectivity index (χ1n) is 4.03. The van der Waals surface area contributed by atoms with Crippen LogP contribution in [-0.4, -0.2) is 24.6 Å². The zero-order valence-electron chi connectivity index (χ0n) is 7.96. The van der Waals surface area contributed by atoms with Gasteiger partial charge >= 0.3 is 6.03 Å². The summed E-state index contributed by atoms with van der Waals surface area (Å²) >= 11 is 0. The third kappa shape index (κ3) is 5.78. The maximum atomic E-state index is 11.0. The summed E-state index contributed by atoms with van der Waals surface area (Å²) in [5.41, 5.74) is 0.508. The van der Waals surface area contributed by atoms with Crippen molar-refractivity contribution in [2.45, 2.75) is 20.3 Å². The number of carbonyl (C=O) groups is 2. The Hall–Kier alpha value is -1.45. The van der Waals surface area contributed by atoms with Crippen LogP contribution in [0.2, 0.25) is 0 Å². The molecule has 0 aromatic carbocycles. The molecule has 0 atom stereocenters. The van der Waals surface area contributed by atoms with Gasteiger partial charge in [-0.15, -0.1) is 0 Å². The lowest BCUT2D eigenvalue weighted by atomic mass is 10.2. The lowest BCUT2D eigenvalue weighted by Gasteiger charge is -2.00. The van der Waals surface area contributed by atoms with Crippen LogP contribution in [0.1, 0.15) is 20.3 Å². The van der Waals surface area contributed by atoms with Crippen molar-refractivity contribution in [1.82, 2.24) is 5.32 Å². The average Bonchev–Trinajstić information content (AvgIpc) is 2.04. The Bertz CT molecular complexity index is 244. The quantitative estimate of drug-likeness (QED) is 0.526. The predicted octanol–water partition coefficient (Wildman–Crippen LogP) is 1.32. The van der Waals surface area contributed by atoms with Crippen molar-refractivity contribution >= 4 is 18.0 Å². The van der Waals surface area contributed by atoms with Crippen molar-refractivity contribution < 1.29 is 9.59 Å². The number of hydrogen-bond donors (Lipinski definition) is 1. The molecule has 0 aliphatic rings. The van der Waals surface area contributed by atoms with Crippen LogP contribution in [0, 0.1) is 0 Å². The molecule has 0 rings (SSSR count). The van der Waals surface area contributed by atoms with Crippen LogP contribution in [0.25, 0.3) is 0 Å². The molecule has 0 bridgehead atoms. The Kier molecular flexibility index (Phi) is 5.43. The van der Waals surface area contributed by atoms with Crippen molar-refractivity contribution in [2.75, 3.05) is 6.54 Å². The Morgan fingerprint density at radius 3 is 2.62 bits per heavy atom. The number of allylic oxidation sites excluding steroid dienone is 1. The van der Waals surface area contributed by atoms with Crippen molar-refractivity contribution in [3.63, 3.8) is 0 Å². The number of carbonyl (C=O) groups excluding carboxylic acids is 2. The molecule has 13 heavy (non-hydrogen) atoms. The summed E-state index contributed by atoms with van der Waals surface area (Å²) < 4.78 is 0. The molecule has 0 heterocycles. The first-order valence-corrected chi connectivity index (χ1v) is 4.03. The molecule has 0 spiro atoms. The molecular formula is C9H14N2O2. The van der Waals surface area contributed by atoms with E-state index in [1.54, 1.807) is 13.8 Å². The minimum absolute atomic E-state index is 0.0409. The molecule has 2 amide bonds. The molecule has 0 saturated carbocycles. The zero-order valence-corrected chi connectivity index (χ0v) is 7.96.